The van der Waals surface area contributed by atoms with Crippen molar-refractivity contribution in [2.45, 2.75) is 19.3 Å². The second-order valence-electron chi connectivity index (χ2n) is 4.61. The summed E-state index contributed by atoms with van der Waals surface area (Å²) in [5.74, 6) is -0.956. The Morgan fingerprint density at radius 1 is 1.35 bits per heavy atom. The Morgan fingerprint density at radius 3 is 2.85 bits per heavy atom. The second kappa shape index (κ2) is 6.18. The predicted octanol–water partition coefficient (Wildman–Crippen LogP) is 1.69. The maximum absolute atomic E-state index is 12.0. The lowest BCUT2D eigenvalue weighted by molar-refractivity contribution is -0.138. The minimum absolute atomic E-state index is 0.0600. The van der Waals surface area contributed by atoms with Gasteiger partial charge in [-0.3, -0.25) is 9.59 Å². The van der Waals surface area contributed by atoms with Crippen LogP contribution in [0.25, 0.3) is 11.0 Å². The van der Waals surface area contributed by atoms with Crippen LogP contribution in [0.4, 0.5) is 0 Å². The summed E-state index contributed by atoms with van der Waals surface area (Å²) in [4.78, 5) is 24.0. The standard InChI is InChI=1S/C14H16N2O4/c1-16(8-4-7-14(18)19)13(17)9-11-10-5-2-3-6-12(10)20-15-11/h2-3,5-6H,4,7-9H2,1H3,(H,18,19). The van der Waals surface area contributed by atoms with Gasteiger partial charge >= 0.3 is 5.97 Å². The smallest absolute Gasteiger partial charge is 0.303 e. The molecule has 0 atom stereocenters. The lowest BCUT2D eigenvalue weighted by Crippen LogP contribution is -2.29. The third kappa shape index (κ3) is 3.34. The molecule has 0 aliphatic heterocycles. The van der Waals surface area contributed by atoms with E-state index in [2.05, 4.69) is 5.16 Å². The molecule has 1 amide bonds. The summed E-state index contributed by atoms with van der Waals surface area (Å²) in [5.41, 5.74) is 1.26. The topological polar surface area (TPSA) is 83.6 Å². The molecule has 6 nitrogen and oxygen atoms in total. The van der Waals surface area contributed by atoms with Gasteiger partial charge in [-0.1, -0.05) is 17.3 Å². The van der Waals surface area contributed by atoms with Crippen LogP contribution in [0.1, 0.15) is 18.5 Å². The first-order valence-corrected chi connectivity index (χ1v) is 6.37. The van der Waals surface area contributed by atoms with Crippen molar-refractivity contribution in [2.75, 3.05) is 13.6 Å². The summed E-state index contributed by atoms with van der Waals surface area (Å²) in [6.45, 7) is 0.418. The summed E-state index contributed by atoms with van der Waals surface area (Å²) in [6, 6.07) is 7.37. The molecule has 1 aromatic heterocycles. The van der Waals surface area contributed by atoms with Gasteiger partial charge in [0.1, 0.15) is 5.69 Å². The van der Waals surface area contributed by atoms with Gasteiger partial charge in [0.15, 0.2) is 5.58 Å². The molecule has 0 radical (unpaired) electrons. The quantitative estimate of drug-likeness (QED) is 0.868. The zero-order valence-electron chi connectivity index (χ0n) is 11.2. The Labute approximate surface area is 116 Å². The molecule has 0 saturated heterocycles. The van der Waals surface area contributed by atoms with E-state index in [9.17, 15) is 9.59 Å². The van der Waals surface area contributed by atoms with Crippen LogP contribution in [0.15, 0.2) is 28.8 Å². The van der Waals surface area contributed by atoms with E-state index in [1.54, 1.807) is 13.1 Å². The molecule has 2 rings (SSSR count). The fourth-order valence-corrected chi connectivity index (χ4v) is 1.94. The molecule has 0 aliphatic rings. The minimum atomic E-state index is -0.853. The summed E-state index contributed by atoms with van der Waals surface area (Å²) < 4.78 is 5.14. The number of aliphatic carboxylic acids is 1. The van der Waals surface area contributed by atoms with Crippen molar-refractivity contribution in [3.05, 3.63) is 30.0 Å². The van der Waals surface area contributed by atoms with E-state index in [4.69, 9.17) is 9.63 Å². The van der Waals surface area contributed by atoms with Gasteiger partial charge in [-0.05, 0) is 18.6 Å². The molecule has 0 aliphatic carbocycles. The first-order chi connectivity index (χ1) is 9.58. The highest BCUT2D eigenvalue weighted by atomic mass is 16.5. The van der Waals surface area contributed by atoms with E-state index in [-0.39, 0.29) is 18.7 Å². The fourth-order valence-electron chi connectivity index (χ4n) is 1.94. The van der Waals surface area contributed by atoms with Crippen LogP contribution in [0.3, 0.4) is 0 Å². The Kier molecular flexibility index (Phi) is 4.34. The molecule has 0 spiro atoms. The van der Waals surface area contributed by atoms with E-state index in [1.807, 2.05) is 18.2 Å². The Hall–Kier alpha value is -2.37. The van der Waals surface area contributed by atoms with E-state index in [1.165, 1.54) is 4.90 Å². The van der Waals surface area contributed by atoms with Crippen molar-refractivity contribution in [1.82, 2.24) is 10.1 Å². The van der Waals surface area contributed by atoms with Gasteiger partial charge in [-0.2, -0.15) is 0 Å². The maximum Gasteiger partial charge on any atom is 0.303 e. The van der Waals surface area contributed by atoms with Crippen molar-refractivity contribution in [2.24, 2.45) is 0 Å². The number of nitrogens with zero attached hydrogens (tertiary/aromatic N) is 2. The molecular weight excluding hydrogens is 260 g/mol. The largest absolute Gasteiger partial charge is 0.481 e. The Morgan fingerprint density at radius 2 is 2.10 bits per heavy atom. The molecule has 0 fully saturated rings. The first-order valence-electron chi connectivity index (χ1n) is 6.37. The molecule has 2 aromatic rings. The predicted molar refractivity (Wildman–Crippen MR) is 72.2 cm³/mol. The van der Waals surface area contributed by atoms with Crippen molar-refractivity contribution in [3.63, 3.8) is 0 Å². The second-order valence-corrected chi connectivity index (χ2v) is 4.61. The number of carboxylic acids is 1. The lowest BCUT2D eigenvalue weighted by Gasteiger charge is -2.15. The molecule has 1 heterocycles. The average molecular weight is 276 g/mol. The SMILES string of the molecule is CN(CCCC(=O)O)C(=O)Cc1noc2ccccc12. The van der Waals surface area contributed by atoms with E-state index in [0.29, 0.717) is 24.2 Å². The third-order valence-electron chi connectivity index (χ3n) is 3.08. The summed E-state index contributed by atoms with van der Waals surface area (Å²) in [7, 11) is 1.66. The number of rotatable bonds is 6. The average Bonchev–Trinajstić information content (AvgIpc) is 2.81. The van der Waals surface area contributed by atoms with E-state index in [0.717, 1.165) is 5.39 Å². The normalized spacial score (nSPS) is 10.7. The van der Waals surface area contributed by atoms with Gasteiger partial charge in [-0.15, -0.1) is 0 Å². The highest BCUT2D eigenvalue weighted by molar-refractivity contribution is 5.86. The van der Waals surface area contributed by atoms with Gasteiger partial charge < -0.3 is 14.5 Å². The van der Waals surface area contributed by atoms with Gasteiger partial charge in [0.2, 0.25) is 5.91 Å². The van der Waals surface area contributed by atoms with Crippen LogP contribution in [0.2, 0.25) is 0 Å². The van der Waals surface area contributed by atoms with Crippen LogP contribution >= 0.6 is 0 Å². The number of carbonyl (C=O) groups is 2. The van der Waals surface area contributed by atoms with Crippen molar-refractivity contribution in [1.29, 1.82) is 0 Å². The number of carboxylic acid groups (broad SMARTS) is 1. The number of hydrogen-bond donors (Lipinski definition) is 1. The van der Waals surface area contributed by atoms with Crippen LogP contribution in [0, 0.1) is 0 Å². The number of carbonyl (C=O) groups excluding carboxylic acids is 1. The van der Waals surface area contributed by atoms with Crippen LogP contribution in [-0.2, 0) is 16.0 Å². The number of likely N-dealkylation sites (N-methyl/N-ethyl adjacent to an activating group) is 1. The molecular formula is C14H16N2O4. The Balaban J connectivity index is 1.95. The van der Waals surface area contributed by atoms with Gasteiger partial charge in [0.05, 0.1) is 6.42 Å². The van der Waals surface area contributed by atoms with Crippen LogP contribution in [-0.4, -0.2) is 40.6 Å². The van der Waals surface area contributed by atoms with Crippen LogP contribution < -0.4 is 0 Å². The Bertz CT molecular complexity index is 620. The lowest BCUT2D eigenvalue weighted by atomic mass is 10.1. The zero-order chi connectivity index (χ0) is 14.5. The minimum Gasteiger partial charge on any atom is -0.481 e. The van der Waals surface area contributed by atoms with Gasteiger partial charge in [0, 0.05) is 25.4 Å². The molecule has 1 aromatic carbocycles. The number of aromatic nitrogens is 1. The molecule has 1 N–H and O–H groups in total. The molecule has 6 heteroatoms. The van der Waals surface area contributed by atoms with Crippen molar-refractivity contribution in [3.8, 4) is 0 Å². The summed E-state index contributed by atoms with van der Waals surface area (Å²) in [6.07, 6.45) is 0.655. The fraction of sp³-hybridized carbons (Fsp3) is 0.357. The van der Waals surface area contributed by atoms with E-state index >= 15 is 0 Å². The first kappa shape index (κ1) is 14.0. The van der Waals surface area contributed by atoms with Crippen LogP contribution in [0.5, 0.6) is 0 Å². The van der Waals surface area contributed by atoms with E-state index < -0.39 is 5.97 Å². The molecule has 0 unspecified atom stereocenters. The molecule has 20 heavy (non-hydrogen) atoms. The number of para-hydroxylation sites is 1. The summed E-state index contributed by atoms with van der Waals surface area (Å²) in [5, 5.41) is 13.3. The number of benzene rings is 1. The van der Waals surface area contributed by atoms with Gasteiger partial charge in [0.25, 0.3) is 0 Å². The zero-order valence-corrected chi connectivity index (χ0v) is 11.2. The highest BCUT2D eigenvalue weighted by Gasteiger charge is 2.15. The molecule has 0 saturated carbocycles. The van der Waals surface area contributed by atoms with Crippen molar-refractivity contribution >= 4 is 22.8 Å². The monoisotopic (exact) mass is 276 g/mol. The van der Waals surface area contributed by atoms with Gasteiger partial charge in [-0.25, -0.2) is 0 Å². The molecule has 106 valence electrons. The summed E-state index contributed by atoms with van der Waals surface area (Å²) >= 11 is 0. The molecule has 0 bridgehead atoms. The number of hydrogen-bond acceptors (Lipinski definition) is 4. The van der Waals surface area contributed by atoms with Crippen molar-refractivity contribution < 1.29 is 19.2 Å². The number of amides is 1. The third-order valence-corrected chi connectivity index (χ3v) is 3.08. The maximum atomic E-state index is 12.0. The highest BCUT2D eigenvalue weighted by Crippen LogP contribution is 2.18. The number of fused-ring (bicyclic) bond motifs is 1.